The number of H-pyrrole nitrogens is 1. The van der Waals surface area contributed by atoms with Crippen molar-refractivity contribution in [3.63, 3.8) is 0 Å². The van der Waals surface area contributed by atoms with Gasteiger partial charge in [0.1, 0.15) is 5.75 Å². The molecule has 6 rings (SSSR count). The summed E-state index contributed by atoms with van der Waals surface area (Å²) in [5.41, 5.74) is 3.24. The van der Waals surface area contributed by atoms with E-state index in [2.05, 4.69) is 27.1 Å². The van der Waals surface area contributed by atoms with Crippen LogP contribution in [0.4, 0.5) is 0 Å². The van der Waals surface area contributed by atoms with Gasteiger partial charge in [-0.1, -0.05) is 24.3 Å². The Morgan fingerprint density at radius 2 is 1.93 bits per heavy atom. The number of nitrogens with one attached hydrogen (secondary N) is 2. The smallest absolute Gasteiger partial charge is 0.281 e. The molecule has 1 aliphatic rings. The maximum atomic E-state index is 13.8. The van der Waals surface area contributed by atoms with E-state index < -0.39 is 15.9 Å². The van der Waals surface area contributed by atoms with Crippen LogP contribution in [0.15, 0.2) is 59.8 Å². The zero-order valence-corrected chi connectivity index (χ0v) is 24.6. The molecule has 4 heterocycles. The molecule has 0 aliphatic carbocycles. The Kier molecular flexibility index (Phi) is 7.27. The molecule has 1 aliphatic heterocycles. The summed E-state index contributed by atoms with van der Waals surface area (Å²) >= 11 is 1.59. The van der Waals surface area contributed by atoms with Crippen molar-refractivity contribution in [1.29, 1.82) is 0 Å². The van der Waals surface area contributed by atoms with Crippen LogP contribution >= 0.6 is 11.3 Å². The van der Waals surface area contributed by atoms with Gasteiger partial charge in [-0.3, -0.25) is 9.89 Å². The highest BCUT2D eigenvalue weighted by molar-refractivity contribution is 7.90. The molecular formula is C30H30N4O5S2. The van der Waals surface area contributed by atoms with Crippen molar-refractivity contribution < 1.29 is 22.7 Å². The van der Waals surface area contributed by atoms with Gasteiger partial charge >= 0.3 is 0 Å². The van der Waals surface area contributed by atoms with E-state index in [0.29, 0.717) is 41.5 Å². The maximum Gasteiger partial charge on any atom is 0.281 e. The number of ether oxygens (including phenoxy) is 2. The van der Waals surface area contributed by atoms with Crippen molar-refractivity contribution >= 4 is 48.3 Å². The van der Waals surface area contributed by atoms with Gasteiger partial charge in [0.15, 0.2) is 5.03 Å². The van der Waals surface area contributed by atoms with Crippen molar-refractivity contribution in [2.24, 2.45) is 5.92 Å². The number of carbonyl (C=O) groups is 1. The van der Waals surface area contributed by atoms with Crippen LogP contribution in [0.3, 0.4) is 0 Å². The molecule has 41 heavy (non-hydrogen) atoms. The zero-order chi connectivity index (χ0) is 28.7. The Bertz CT molecular complexity index is 1860. The fourth-order valence-electron chi connectivity index (χ4n) is 5.36. The van der Waals surface area contributed by atoms with E-state index >= 15 is 0 Å². The van der Waals surface area contributed by atoms with E-state index in [-0.39, 0.29) is 16.7 Å². The van der Waals surface area contributed by atoms with Gasteiger partial charge in [0.05, 0.1) is 39.3 Å². The summed E-state index contributed by atoms with van der Waals surface area (Å²) in [6.45, 7) is 7.35. The second-order valence-electron chi connectivity index (χ2n) is 10.3. The van der Waals surface area contributed by atoms with Gasteiger partial charge in [-0.2, -0.15) is 13.5 Å². The molecule has 1 amide bonds. The lowest BCUT2D eigenvalue weighted by atomic mass is 9.94. The number of aryl methyl sites for hydroxylation is 2. The lowest BCUT2D eigenvalue weighted by molar-refractivity contribution is 0.0243. The largest absolute Gasteiger partial charge is 0.490 e. The van der Waals surface area contributed by atoms with Crippen LogP contribution in [-0.2, 0) is 14.8 Å². The molecule has 2 N–H and O–H groups in total. The number of benzene rings is 2. The Morgan fingerprint density at radius 3 is 2.66 bits per heavy atom. The highest BCUT2D eigenvalue weighted by Gasteiger charge is 2.27. The lowest BCUT2D eigenvalue weighted by Crippen LogP contribution is -2.31. The summed E-state index contributed by atoms with van der Waals surface area (Å²) < 4.78 is 41.4. The standard InChI is InChI=1S/C30H30N4O5S2/c1-17-8-9-24(39-19(3)20-11-14-38-15-12-20)27-22(30(35)34-41(36,37)26-10-13-31-33-26)16-23(32-28(17)27)29-18(2)21-6-4-5-7-25(21)40-29/h4-10,13,16,19-20H,11-12,14-15H2,1-3H3,(H,31,33)(H,34,35)/t19-/m1/s1. The van der Waals surface area contributed by atoms with Crippen LogP contribution in [0.1, 0.15) is 41.3 Å². The maximum absolute atomic E-state index is 13.8. The van der Waals surface area contributed by atoms with Crippen molar-refractivity contribution in [2.75, 3.05) is 13.2 Å². The highest BCUT2D eigenvalue weighted by Crippen LogP contribution is 2.41. The summed E-state index contributed by atoms with van der Waals surface area (Å²) in [5.74, 6) is 0.00791. The molecule has 11 heteroatoms. The van der Waals surface area contributed by atoms with E-state index in [9.17, 15) is 13.2 Å². The molecule has 0 bridgehead atoms. The molecule has 1 fully saturated rings. The van der Waals surface area contributed by atoms with Crippen molar-refractivity contribution in [3.05, 3.63) is 71.4 Å². The number of carbonyl (C=O) groups excluding carboxylic acids is 1. The average Bonchev–Trinajstić information content (AvgIpc) is 3.64. The number of aromatic nitrogens is 3. The van der Waals surface area contributed by atoms with Crippen molar-refractivity contribution in [3.8, 4) is 16.3 Å². The fraction of sp³-hybridized carbons (Fsp3) is 0.300. The number of hydrogen-bond donors (Lipinski definition) is 2. The van der Waals surface area contributed by atoms with Gasteiger partial charge in [-0.25, -0.2) is 9.71 Å². The minimum atomic E-state index is -4.19. The molecule has 212 valence electrons. The van der Waals surface area contributed by atoms with E-state index in [1.165, 1.54) is 12.3 Å². The topological polar surface area (TPSA) is 123 Å². The summed E-state index contributed by atoms with van der Waals surface area (Å²) in [7, 11) is -4.19. The number of nitrogens with zero attached hydrogens (tertiary/aromatic N) is 2. The van der Waals surface area contributed by atoms with Crippen LogP contribution in [0.25, 0.3) is 31.6 Å². The fourth-order valence-corrected chi connectivity index (χ4v) is 7.41. The minimum absolute atomic E-state index is 0.140. The molecule has 0 saturated carbocycles. The van der Waals surface area contributed by atoms with Crippen LogP contribution in [0, 0.1) is 19.8 Å². The first-order valence-electron chi connectivity index (χ1n) is 13.5. The van der Waals surface area contributed by atoms with Crippen LogP contribution in [-0.4, -0.2) is 48.8 Å². The third-order valence-electron chi connectivity index (χ3n) is 7.68. The van der Waals surface area contributed by atoms with Crippen molar-refractivity contribution in [1.82, 2.24) is 19.9 Å². The number of amides is 1. The number of sulfonamides is 1. The number of pyridine rings is 1. The molecule has 1 atom stereocenters. The third-order valence-corrected chi connectivity index (χ3v) is 10.2. The lowest BCUT2D eigenvalue weighted by Gasteiger charge is -2.29. The average molecular weight is 591 g/mol. The molecule has 0 spiro atoms. The van der Waals surface area contributed by atoms with Gasteiger partial charge in [0.25, 0.3) is 15.9 Å². The summed E-state index contributed by atoms with van der Waals surface area (Å²) in [6, 6.07) is 14.8. The predicted molar refractivity (Wildman–Crippen MR) is 159 cm³/mol. The molecule has 2 aromatic carbocycles. The third kappa shape index (κ3) is 5.20. The number of fused-ring (bicyclic) bond motifs is 2. The first kappa shape index (κ1) is 27.4. The summed E-state index contributed by atoms with van der Waals surface area (Å²) in [6.07, 6.45) is 2.94. The second kappa shape index (κ2) is 10.9. The number of thiophene rings is 1. The number of hydrogen-bond acceptors (Lipinski definition) is 8. The molecule has 1 saturated heterocycles. The zero-order valence-electron chi connectivity index (χ0n) is 22.9. The number of rotatable bonds is 7. The molecule has 9 nitrogen and oxygen atoms in total. The van der Waals surface area contributed by atoms with Gasteiger partial charge in [0, 0.05) is 17.9 Å². The SMILES string of the molecule is Cc1c(-c2cc(C(=O)NS(=O)(=O)c3ccn[nH]3)c3c(O[C@H](C)C4CCOCC4)ccc(C)c3n2)sc2ccccc12. The molecule has 0 radical (unpaired) electrons. The van der Waals surface area contributed by atoms with Gasteiger partial charge in [-0.05, 0) is 80.3 Å². The Morgan fingerprint density at radius 1 is 1.15 bits per heavy atom. The minimum Gasteiger partial charge on any atom is -0.490 e. The van der Waals surface area contributed by atoms with Crippen molar-refractivity contribution in [2.45, 2.75) is 44.7 Å². The Labute approximate surface area is 242 Å². The second-order valence-corrected chi connectivity index (χ2v) is 13.0. The molecule has 5 aromatic rings. The van der Waals surface area contributed by atoms with Gasteiger partial charge in [-0.15, -0.1) is 11.3 Å². The molecule has 3 aromatic heterocycles. The quantitative estimate of drug-likeness (QED) is 0.247. The first-order valence-corrected chi connectivity index (χ1v) is 15.8. The van der Waals surface area contributed by atoms with E-state index in [4.69, 9.17) is 14.5 Å². The van der Waals surface area contributed by atoms with E-state index in [0.717, 1.165) is 38.9 Å². The van der Waals surface area contributed by atoms with E-state index in [1.54, 1.807) is 17.4 Å². The van der Waals surface area contributed by atoms with Crippen LogP contribution in [0.5, 0.6) is 5.75 Å². The summed E-state index contributed by atoms with van der Waals surface area (Å²) in [4.78, 5) is 19.8. The van der Waals surface area contributed by atoms with Gasteiger partial charge < -0.3 is 9.47 Å². The first-order chi connectivity index (χ1) is 19.7. The predicted octanol–water partition coefficient (Wildman–Crippen LogP) is 5.77. The monoisotopic (exact) mass is 590 g/mol. The van der Waals surface area contributed by atoms with Crippen LogP contribution < -0.4 is 9.46 Å². The number of aromatic amines is 1. The normalized spacial score (nSPS) is 15.3. The van der Waals surface area contributed by atoms with E-state index in [1.807, 2.05) is 45.0 Å². The van der Waals surface area contributed by atoms with Crippen LogP contribution in [0.2, 0.25) is 0 Å². The molecular weight excluding hydrogens is 560 g/mol. The van der Waals surface area contributed by atoms with Gasteiger partial charge in [0.2, 0.25) is 0 Å². The Balaban J connectivity index is 1.52. The Hall–Kier alpha value is -3.80. The highest BCUT2D eigenvalue weighted by atomic mass is 32.2. The molecule has 0 unspecified atom stereocenters. The summed E-state index contributed by atoms with van der Waals surface area (Å²) in [5, 5.41) is 7.51.